The van der Waals surface area contributed by atoms with Gasteiger partial charge in [-0.25, -0.2) is 4.79 Å². The SMILES string of the molecule is COC(=O)[C@H]1O[C@@H](Oc2cc(O)c3c(=O)cc(-c4ccc(OC)cc4)oc3c2)[C@H](O)[C@@H](O)[C@@H]1O. The molecule has 2 heterocycles. The van der Waals surface area contributed by atoms with E-state index in [0.29, 0.717) is 11.3 Å². The van der Waals surface area contributed by atoms with Crippen LogP contribution in [0.1, 0.15) is 0 Å². The summed E-state index contributed by atoms with van der Waals surface area (Å²) in [5, 5.41) is 40.6. The van der Waals surface area contributed by atoms with Gasteiger partial charge in [-0.15, -0.1) is 0 Å². The number of phenols is 1. The molecule has 0 amide bonds. The summed E-state index contributed by atoms with van der Waals surface area (Å²) < 4.78 is 26.3. The first-order chi connectivity index (χ1) is 16.2. The molecule has 3 aromatic rings. The van der Waals surface area contributed by atoms with Crippen LogP contribution in [0.25, 0.3) is 22.3 Å². The van der Waals surface area contributed by atoms with Gasteiger partial charge in [0, 0.05) is 23.8 Å². The zero-order chi connectivity index (χ0) is 24.6. The van der Waals surface area contributed by atoms with Crippen molar-refractivity contribution >= 4 is 16.9 Å². The minimum Gasteiger partial charge on any atom is -0.507 e. The topological polar surface area (TPSA) is 165 Å². The van der Waals surface area contributed by atoms with Crippen LogP contribution in [0.4, 0.5) is 0 Å². The number of rotatable bonds is 5. The normalized spacial score (nSPS) is 24.6. The standard InChI is InChI=1S/C23H22O11/c1-30-11-5-3-10(4-6-11)15-9-14(25)17-13(24)7-12(8-16(17)33-15)32-23-20(28)18(26)19(27)21(34-23)22(29)31-2/h3-9,18-21,23-24,26-28H,1-2H3/t18-,19-,20+,21-,23+/m0/s1. The smallest absolute Gasteiger partial charge is 0.337 e. The van der Waals surface area contributed by atoms with Crippen molar-refractivity contribution < 1.29 is 48.6 Å². The number of aliphatic hydroxyl groups excluding tert-OH is 3. The number of aliphatic hydroxyl groups is 3. The number of ether oxygens (including phenoxy) is 4. The lowest BCUT2D eigenvalue weighted by Gasteiger charge is -2.38. The fourth-order valence-electron chi connectivity index (χ4n) is 3.60. The van der Waals surface area contributed by atoms with E-state index in [9.17, 15) is 30.0 Å². The van der Waals surface area contributed by atoms with Crippen LogP contribution in [0.2, 0.25) is 0 Å². The Morgan fingerprint density at radius 1 is 0.941 bits per heavy atom. The van der Waals surface area contributed by atoms with E-state index in [0.717, 1.165) is 13.2 Å². The number of hydrogen-bond donors (Lipinski definition) is 4. The molecule has 1 aliphatic rings. The first-order valence-corrected chi connectivity index (χ1v) is 10.1. The summed E-state index contributed by atoms with van der Waals surface area (Å²) in [6.45, 7) is 0. The van der Waals surface area contributed by atoms with Crippen molar-refractivity contribution in [1.29, 1.82) is 0 Å². The number of benzene rings is 2. The summed E-state index contributed by atoms with van der Waals surface area (Å²) in [4.78, 5) is 24.5. The van der Waals surface area contributed by atoms with Crippen molar-refractivity contribution in [2.75, 3.05) is 14.2 Å². The van der Waals surface area contributed by atoms with Crippen LogP contribution in [-0.4, -0.2) is 71.3 Å². The Kier molecular flexibility index (Phi) is 6.44. The lowest BCUT2D eigenvalue weighted by Crippen LogP contribution is -2.61. The van der Waals surface area contributed by atoms with Gasteiger partial charge in [-0.2, -0.15) is 0 Å². The second-order valence-corrected chi connectivity index (χ2v) is 7.56. The third-order valence-corrected chi connectivity index (χ3v) is 5.41. The molecular weight excluding hydrogens is 452 g/mol. The van der Waals surface area contributed by atoms with Crippen LogP contribution < -0.4 is 14.9 Å². The van der Waals surface area contributed by atoms with Crippen LogP contribution >= 0.6 is 0 Å². The van der Waals surface area contributed by atoms with E-state index in [1.54, 1.807) is 24.3 Å². The fraction of sp³-hybridized carbons (Fsp3) is 0.304. The Morgan fingerprint density at radius 2 is 1.65 bits per heavy atom. The first kappa shape index (κ1) is 23.5. The number of carbonyl (C=O) groups excluding carboxylic acids is 1. The van der Waals surface area contributed by atoms with Crippen molar-refractivity contribution in [3.63, 3.8) is 0 Å². The average molecular weight is 474 g/mol. The average Bonchev–Trinajstić information content (AvgIpc) is 2.83. The van der Waals surface area contributed by atoms with Crippen LogP contribution in [0.15, 0.2) is 51.7 Å². The van der Waals surface area contributed by atoms with E-state index < -0.39 is 47.9 Å². The fourth-order valence-corrected chi connectivity index (χ4v) is 3.60. The van der Waals surface area contributed by atoms with Gasteiger partial charge in [0.05, 0.1) is 14.2 Å². The highest BCUT2D eigenvalue weighted by Gasteiger charge is 2.48. The zero-order valence-corrected chi connectivity index (χ0v) is 18.1. The largest absolute Gasteiger partial charge is 0.507 e. The Morgan fingerprint density at radius 3 is 2.29 bits per heavy atom. The van der Waals surface area contributed by atoms with Gasteiger partial charge in [0.1, 0.15) is 52.3 Å². The maximum Gasteiger partial charge on any atom is 0.337 e. The van der Waals surface area contributed by atoms with Crippen molar-refractivity contribution in [1.82, 2.24) is 0 Å². The predicted octanol–water partition coefficient (Wildman–Crippen LogP) is 0.534. The maximum absolute atomic E-state index is 12.6. The highest BCUT2D eigenvalue weighted by Crippen LogP contribution is 2.33. The second kappa shape index (κ2) is 9.31. The van der Waals surface area contributed by atoms with Crippen LogP contribution in [0.5, 0.6) is 17.2 Å². The highest BCUT2D eigenvalue weighted by atomic mass is 16.7. The second-order valence-electron chi connectivity index (χ2n) is 7.56. The summed E-state index contributed by atoms with van der Waals surface area (Å²) in [6, 6.07) is 10.4. The molecule has 1 saturated heterocycles. The van der Waals surface area contributed by atoms with Gasteiger partial charge in [0.15, 0.2) is 11.5 Å². The quantitative estimate of drug-likeness (QED) is 0.381. The first-order valence-electron chi connectivity index (χ1n) is 10.1. The molecule has 0 spiro atoms. The van der Waals surface area contributed by atoms with Gasteiger partial charge in [0.25, 0.3) is 0 Å². The molecule has 5 atom stereocenters. The predicted molar refractivity (Wildman–Crippen MR) is 115 cm³/mol. The molecule has 0 saturated carbocycles. The zero-order valence-electron chi connectivity index (χ0n) is 18.1. The minimum absolute atomic E-state index is 0.0243. The van der Waals surface area contributed by atoms with Gasteiger partial charge in [-0.05, 0) is 24.3 Å². The number of methoxy groups -OCH3 is 2. The molecule has 0 unspecified atom stereocenters. The summed E-state index contributed by atoms with van der Waals surface area (Å²) in [6.07, 6.45) is -8.52. The Bertz CT molecular complexity index is 1250. The molecule has 1 aliphatic heterocycles. The van der Waals surface area contributed by atoms with Crippen molar-refractivity contribution in [2.24, 2.45) is 0 Å². The molecule has 1 aromatic heterocycles. The number of hydrogen-bond acceptors (Lipinski definition) is 11. The number of phenolic OH excluding ortho intramolecular Hbond substituents is 1. The van der Waals surface area contributed by atoms with Crippen molar-refractivity contribution in [3.8, 4) is 28.6 Å². The van der Waals surface area contributed by atoms with E-state index in [1.807, 2.05) is 0 Å². The molecule has 0 radical (unpaired) electrons. The monoisotopic (exact) mass is 474 g/mol. The van der Waals surface area contributed by atoms with E-state index in [2.05, 4.69) is 4.74 Å². The molecule has 180 valence electrons. The van der Waals surface area contributed by atoms with Crippen LogP contribution in [0.3, 0.4) is 0 Å². The van der Waals surface area contributed by atoms with Gasteiger partial charge in [-0.3, -0.25) is 4.79 Å². The van der Waals surface area contributed by atoms with Gasteiger partial charge in [-0.1, -0.05) is 0 Å². The van der Waals surface area contributed by atoms with Crippen molar-refractivity contribution in [3.05, 3.63) is 52.7 Å². The third kappa shape index (κ3) is 4.29. The molecule has 2 aromatic carbocycles. The van der Waals surface area contributed by atoms with E-state index >= 15 is 0 Å². The molecule has 1 fully saturated rings. The number of fused-ring (bicyclic) bond motifs is 1. The van der Waals surface area contributed by atoms with Crippen molar-refractivity contribution in [2.45, 2.75) is 30.7 Å². The lowest BCUT2D eigenvalue weighted by molar-refractivity contribution is -0.271. The highest BCUT2D eigenvalue weighted by molar-refractivity contribution is 5.86. The van der Waals surface area contributed by atoms with E-state index in [-0.39, 0.29) is 22.5 Å². The van der Waals surface area contributed by atoms with Gasteiger partial charge >= 0.3 is 5.97 Å². The van der Waals surface area contributed by atoms with Crippen LogP contribution in [-0.2, 0) is 14.3 Å². The molecular formula is C23H22O11. The third-order valence-electron chi connectivity index (χ3n) is 5.41. The molecule has 4 rings (SSSR count). The molecule has 4 N–H and O–H groups in total. The summed E-state index contributed by atoms with van der Waals surface area (Å²) in [5.41, 5.74) is 0.0489. The Labute approximate surface area is 192 Å². The summed E-state index contributed by atoms with van der Waals surface area (Å²) >= 11 is 0. The molecule has 0 bridgehead atoms. The molecule has 11 nitrogen and oxygen atoms in total. The van der Waals surface area contributed by atoms with Gasteiger partial charge in [0.2, 0.25) is 6.29 Å². The summed E-state index contributed by atoms with van der Waals surface area (Å²) in [5.74, 6) is -0.712. The van der Waals surface area contributed by atoms with E-state index in [1.165, 1.54) is 19.2 Å². The van der Waals surface area contributed by atoms with Gasteiger partial charge < -0.3 is 43.8 Å². The Balaban J connectivity index is 1.69. The number of carbonyl (C=O) groups is 1. The maximum atomic E-state index is 12.6. The molecule has 34 heavy (non-hydrogen) atoms. The summed E-state index contributed by atoms with van der Waals surface area (Å²) in [7, 11) is 2.59. The molecule has 0 aliphatic carbocycles. The molecule has 11 heteroatoms. The van der Waals surface area contributed by atoms with Crippen LogP contribution in [0, 0.1) is 0 Å². The minimum atomic E-state index is -1.78. The Hall–Kier alpha value is -3.64. The number of aromatic hydroxyl groups is 1. The number of esters is 1. The lowest BCUT2D eigenvalue weighted by atomic mass is 9.99. The van der Waals surface area contributed by atoms with E-state index in [4.69, 9.17) is 18.6 Å².